The first kappa shape index (κ1) is 32.2. The van der Waals surface area contributed by atoms with Crippen LogP contribution in [0.3, 0.4) is 0 Å². The van der Waals surface area contributed by atoms with E-state index in [-0.39, 0.29) is 11.8 Å². The van der Waals surface area contributed by atoms with Crippen LogP contribution in [-0.2, 0) is 9.59 Å². The van der Waals surface area contributed by atoms with E-state index >= 15 is 0 Å². The minimum absolute atomic E-state index is 0.00218. The zero-order chi connectivity index (χ0) is 29.0. The standard InChI is InChI=1S/C34H47BrN2O2S2/c1-3-5-7-9-11-13-15-17-23-36-31(26-20-19-25-40-26)29-30(34(36)39)32(27-21-22-28(35)41-27)37(33(29)38)24-18-16-14-12-10-8-6-4-2/h19-22,25H,3-18,23-24H2,1-2H3. The van der Waals surface area contributed by atoms with Crippen molar-refractivity contribution in [2.45, 2.75) is 117 Å². The number of unbranched alkanes of at least 4 members (excludes halogenated alkanes) is 14. The van der Waals surface area contributed by atoms with Crippen LogP contribution in [0.15, 0.2) is 44.6 Å². The molecule has 2 aromatic heterocycles. The van der Waals surface area contributed by atoms with Gasteiger partial charge in [0.1, 0.15) is 0 Å². The van der Waals surface area contributed by atoms with Crippen LogP contribution < -0.4 is 0 Å². The molecule has 0 N–H and O–H groups in total. The Bertz CT molecular complexity index is 1200. The van der Waals surface area contributed by atoms with Crippen LogP contribution in [0.1, 0.15) is 126 Å². The Hall–Kier alpha value is -1.70. The molecule has 7 heteroatoms. The van der Waals surface area contributed by atoms with Gasteiger partial charge in [-0.2, -0.15) is 0 Å². The van der Waals surface area contributed by atoms with Crippen molar-refractivity contribution >= 4 is 61.8 Å². The highest BCUT2D eigenvalue weighted by atomic mass is 79.9. The van der Waals surface area contributed by atoms with E-state index in [1.165, 1.54) is 77.0 Å². The number of carbonyl (C=O) groups excluding carboxylic acids is 2. The number of hydrogen-bond donors (Lipinski definition) is 0. The average molecular weight is 660 g/mol. The monoisotopic (exact) mass is 658 g/mol. The molecule has 2 aliphatic rings. The summed E-state index contributed by atoms with van der Waals surface area (Å²) in [5.41, 5.74) is 2.89. The molecule has 0 atom stereocenters. The van der Waals surface area contributed by atoms with Crippen LogP contribution in [0.4, 0.5) is 0 Å². The molecule has 41 heavy (non-hydrogen) atoms. The molecule has 4 rings (SSSR count). The van der Waals surface area contributed by atoms with Crippen LogP contribution in [-0.4, -0.2) is 34.7 Å². The van der Waals surface area contributed by atoms with Crippen LogP contribution in [0.5, 0.6) is 0 Å². The smallest absolute Gasteiger partial charge is 0.261 e. The molecule has 2 amide bonds. The lowest BCUT2D eigenvalue weighted by molar-refractivity contribution is -0.124. The molecule has 2 aromatic rings. The topological polar surface area (TPSA) is 40.6 Å². The maximum Gasteiger partial charge on any atom is 0.261 e. The third-order valence-corrected chi connectivity index (χ3v) is 10.7. The maximum absolute atomic E-state index is 14.2. The van der Waals surface area contributed by atoms with Gasteiger partial charge in [-0.15, -0.1) is 22.7 Å². The van der Waals surface area contributed by atoms with Gasteiger partial charge in [0.15, 0.2) is 0 Å². The molecule has 0 fully saturated rings. The largest absolute Gasteiger partial charge is 0.306 e. The number of fused-ring (bicyclic) bond motifs is 1. The van der Waals surface area contributed by atoms with Crippen LogP contribution in [0.2, 0.25) is 0 Å². The Kier molecular flexibility index (Phi) is 13.2. The van der Waals surface area contributed by atoms with Gasteiger partial charge in [0.25, 0.3) is 11.8 Å². The number of amides is 2. The fourth-order valence-electron chi connectivity index (χ4n) is 6.00. The van der Waals surface area contributed by atoms with Gasteiger partial charge in [-0.05, 0) is 52.4 Å². The Morgan fingerprint density at radius 3 is 1.49 bits per heavy atom. The van der Waals surface area contributed by atoms with Crippen molar-refractivity contribution in [3.8, 4) is 0 Å². The predicted molar refractivity (Wildman–Crippen MR) is 179 cm³/mol. The van der Waals surface area contributed by atoms with E-state index in [2.05, 4.69) is 35.8 Å². The summed E-state index contributed by atoms with van der Waals surface area (Å²) in [4.78, 5) is 34.2. The first-order valence-electron chi connectivity index (χ1n) is 16.0. The molecule has 0 bridgehead atoms. The molecular formula is C34H47BrN2O2S2. The summed E-state index contributed by atoms with van der Waals surface area (Å²) in [5.74, 6) is -0.00437. The first-order chi connectivity index (χ1) is 20.1. The van der Waals surface area contributed by atoms with Crippen LogP contribution in [0, 0.1) is 0 Å². The van der Waals surface area contributed by atoms with E-state index in [1.807, 2.05) is 33.4 Å². The lowest BCUT2D eigenvalue weighted by Gasteiger charge is -2.24. The van der Waals surface area contributed by atoms with Gasteiger partial charge in [0.2, 0.25) is 0 Å². The van der Waals surface area contributed by atoms with Crippen molar-refractivity contribution in [3.05, 3.63) is 54.3 Å². The molecule has 0 saturated heterocycles. The molecule has 0 saturated carbocycles. The number of rotatable bonds is 20. The summed E-state index contributed by atoms with van der Waals surface area (Å²) in [6.07, 6.45) is 19.5. The van der Waals surface area contributed by atoms with Crippen LogP contribution in [0.25, 0.3) is 11.4 Å². The quantitative estimate of drug-likeness (QED) is 0.133. The second-order valence-corrected chi connectivity index (χ2v) is 14.8. The van der Waals surface area contributed by atoms with E-state index < -0.39 is 0 Å². The highest BCUT2D eigenvalue weighted by Crippen LogP contribution is 2.48. The Labute approximate surface area is 264 Å². The van der Waals surface area contributed by atoms with Gasteiger partial charge in [-0.1, -0.05) is 110 Å². The Balaban J connectivity index is 1.51. The summed E-state index contributed by atoms with van der Waals surface area (Å²) < 4.78 is 1.01. The minimum Gasteiger partial charge on any atom is -0.306 e. The predicted octanol–water partition coefficient (Wildman–Crippen LogP) is 10.7. The molecule has 0 spiro atoms. The lowest BCUT2D eigenvalue weighted by atomic mass is 10.1. The number of thiophene rings is 2. The second kappa shape index (κ2) is 16.8. The van der Waals surface area contributed by atoms with E-state index in [0.29, 0.717) is 24.2 Å². The summed E-state index contributed by atoms with van der Waals surface area (Å²) in [6, 6.07) is 8.14. The fourth-order valence-corrected chi connectivity index (χ4v) is 8.23. The van der Waals surface area contributed by atoms with Crippen molar-refractivity contribution in [2.24, 2.45) is 0 Å². The molecular weight excluding hydrogens is 612 g/mol. The summed E-state index contributed by atoms with van der Waals surface area (Å²) in [7, 11) is 0. The number of nitrogens with zero attached hydrogens (tertiary/aromatic N) is 2. The number of halogens is 1. The third-order valence-electron chi connectivity index (χ3n) is 8.21. The molecule has 0 unspecified atom stereocenters. The van der Waals surface area contributed by atoms with Gasteiger partial charge in [-0.25, -0.2) is 0 Å². The van der Waals surface area contributed by atoms with Gasteiger partial charge < -0.3 is 9.80 Å². The third kappa shape index (κ3) is 8.23. The molecule has 0 aromatic carbocycles. The van der Waals surface area contributed by atoms with Gasteiger partial charge in [0, 0.05) is 13.1 Å². The Morgan fingerprint density at radius 2 is 1.07 bits per heavy atom. The fraction of sp³-hybridized carbons (Fsp3) is 0.588. The maximum atomic E-state index is 14.2. The minimum atomic E-state index is -0.00218. The van der Waals surface area contributed by atoms with Crippen molar-refractivity contribution in [3.63, 3.8) is 0 Å². The number of carbonyl (C=O) groups is 2. The van der Waals surface area contributed by atoms with E-state index in [4.69, 9.17) is 0 Å². The van der Waals surface area contributed by atoms with Crippen molar-refractivity contribution < 1.29 is 9.59 Å². The summed E-state index contributed by atoms with van der Waals surface area (Å²) >= 11 is 6.83. The van der Waals surface area contributed by atoms with Gasteiger partial charge >= 0.3 is 0 Å². The normalized spacial score (nSPS) is 15.3. The first-order valence-corrected chi connectivity index (χ1v) is 18.5. The molecule has 4 nitrogen and oxygen atoms in total. The highest BCUT2D eigenvalue weighted by molar-refractivity contribution is 9.11. The molecule has 2 aliphatic heterocycles. The van der Waals surface area contributed by atoms with Gasteiger partial charge in [-0.3, -0.25) is 9.59 Å². The summed E-state index contributed by atoms with van der Waals surface area (Å²) in [5, 5.41) is 2.04. The van der Waals surface area contributed by atoms with Crippen molar-refractivity contribution in [1.29, 1.82) is 0 Å². The van der Waals surface area contributed by atoms with E-state index in [9.17, 15) is 9.59 Å². The van der Waals surface area contributed by atoms with E-state index in [1.54, 1.807) is 22.7 Å². The Morgan fingerprint density at radius 1 is 0.610 bits per heavy atom. The highest BCUT2D eigenvalue weighted by Gasteiger charge is 2.49. The second-order valence-electron chi connectivity index (χ2n) is 11.4. The zero-order valence-corrected chi connectivity index (χ0v) is 28.2. The van der Waals surface area contributed by atoms with Crippen LogP contribution >= 0.6 is 38.6 Å². The lowest BCUT2D eigenvalue weighted by Crippen LogP contribution is -2.30. The zero-order valence-electron chi connectivity index (χ0n) is 25.0. The van der Waals surface area contributed by atoms with Gasteiger partial charge in [0.05, 0.1) is 36.1 Å². The van der Waals surface area contributed by atoms with Crippen molar-refractivity contribution in [2.75, 3.05) is 13.1 Å². The summed E-state index contributed by atoms with van der Waals surface area (Å²) in [6.45, 7) is 5.83. The van der Waals surface area contributed by atoms with Crippen molar-refractivity contribution in [1.82, 2.24) is 9.80 Å². The SMILES string of the molecule is CCCCCCCCCCN1C(=O)C2=C(c3ccc(Br)s3)N(CCCCCCCCCC)C(=O)C2=C1c1cccs1. The average Bonchev–Trinajstić information content (AvgIpc) is 3.75. The molecule has 4 heterocycles. The molecule has 224 valence electrons. The van der Waals surface area contributed by atoms with E-state index in [0.717, 1.165) is 50.6 Å². The number of hydrogen-bond acceptors (Lipinski definition) is 4. The molecule has 0 aliphatic carbocycles. The molecule has 0 radical (unpaired) electrons.